The molecule has 1 heterocycles. The molecular weight excluding hydrogens is 404 g/mol. The van der Waals surface area contributed by atoms with Crippen molar-refractivity contribution in [2.24, 2.45) is 0 Å². The number of esters is 2. The lowest BCUT2D eigenvalue weighted by Gasteiger charge is -2.22. The number of hydrogen-bond acceptors (Lipinski definition) is 6. The fourth-order valence-corrected chi connectivity index (χ4v) is 3.15. The third-order valence-corrected chi connectivity index (χ3v) is 4.58. The van der Waals surface area contributed by atoms with Gasteiger partial charge in [0.15, 0.2) is 18.5 Å². The molecule has 1 saturated heterocycles. The van der Waals surface area contributed by atoms with Gasteiger partial charge in [-0.05, 0) is 24.3 Å². The van der Waals surface area contributed by atoms with Gasteiger partial charge >= 0.3 is 11.9 Å². The topological polar surface area (TPSA) is 82.1 Å². The van der Waals surface area contributed by atoms with Crippen LogP contribution in [-0.2, 0) is 14.2 Å². The summed E-state index contributed by atoms with van der Waals surface area (Å²) < 4.78 is 16.2. The minimum atomic E-state index is -1.39. The maximum atomic E-state index is 12.4. The lowest BCUT2D eigenvalue weighted by Crippen LogP contribution is -2.41. The number of hydrogen-bond donors (Lipinski definition) is 1. The SMILES string of the molecule is O=C(O[C@@H]1[C@@H](CBr)OC(O)[C@@H]1OC(=O)c1ccccc1)c1ccccc1. The summed E-state index contributed by atoms with van der Waals surface area (Å²) in [6, 6.07) is 16.8. The molecule has 1 fully saturated rings. The fraction of sp³-hybridized carbons (Fsp3) is 0.263. The Hall–Kier alpha value is -2.22. The molecule has 2 aromatic rings. The molecule has 1 aliphatic heterocycles. The minimum absolute atomic E-state index is 0.302. The van der Waals surface area contributed by atoms with Crippen LogP contribution < -0.4 is 0 Å². The van der Waals surface area contributed by atoms with E-state index in [-0.39, 0.29) is 0 Å². The number of aliphatic hydroxyl groups is 1. The van der Waals surface area contributed by atoms with Crippen LogP contribution in [0.1, 0.15) is 20.7 Å². The van der Waals surface area contributed by atoms with Crippen LogP contribution in [0, 0.1) is 0 Å². The van der Waals surface area contributed by atoms with Crippen LogP contribution >= 0.6 is 15.9 Å². The molecule has 0 spiro atoms. The zero-order valence-electron chi connectivity index (χ0n) is 13.7. The minimum Gasteiger partial charge on any atom is -0.452 e. The van der Waals surface area contributed by atoms with Gasteiger partial charge in [-0.25, -0.2) is 9.59 Å². The van der Waals surface area contributed by atoms with Crippen LogP contribution in [0.4, 0.5) is 0 Å². The highest BCUT2D eigenvalue weighted by Gasteiger charge is 2.48. The molecule has 0 saturated carbocycles. The molecule has 7 heteroatoms. The average Bonchev–Trinajstić information content (AvgIpc) is 2.98. The molecule has 26 heavy (non-hydrogen) atoms. The van der Waals surface area contributed by atoms with Crippen LogP contribution in [0.3, 0.4) is 0 Å². The van der Waals surface area contributed by atoms with Crippen molar-refractivity contribution < 1.29 is 28.9 Å². The molecule has 1 unspecified atom stereocenters. The van der Waals surface area contributed by atoms with Crippen molar-refractivity contribution in [2.75, 3.05) is 5.33 Å². The first-order chi connectivity index (χ1) is 12.6. The van der Waals surface area contributed by atoms with E-state index in [4.69, 9.17) is 14.2 Å². The first-order valence-electron chi connectivity index (χ1n) is 8.01. The van der Waals surface area contributed by atoms with E-state index >= 15 is 0 Å². The van der Waals surface area contributed by atoms with Gasteiger partial charge in [0, 0.05) is 5.33 Å². The van der Waals surface area contributed by atoms with Crippen molar-refractivity contribution in [3.8, 4) is 0 Å². The molecule has 136 valence electrons. The van der Waals surface area contributed by atoms with Crippen molar-refractivity contribution in [2.45, 2.75) is 24.6 Å². The molecule has 1 N–H and O–H groups in total. The second kappa shape index (κ2) is 8.44. The van der Waals surface area contributed by atoms with Crippen LogP contribution in [0.2, 0.25) is 0 Å². The Morgan fingerprint density at radius 1 is 0.885 bits per heavy atom. The summed E-state index contributed by atoms with van der Waals surface area (Å²) in [6.45, 7) is 0. The molecule has 0 radical (unpaired) electrons. The summed E-state index contributed by atoms with van der Waals surface area (Å²) in [6.07, 6.45) is -4.10. The lowest BCUT2D eigenvalue weighted by atomic mass is 10.1. The molecule has 6 nitrogen and oxygen atoms in total. The number of rotatable bonds is 5. The van der Waals surface area contributed by atoms with E-state index < -0.39 is 36.5 Å². The van der Waals surface area contributed by atoms with Crippen molar-refractivity contribution in [1.29, 1.82) is 0 Å². The van der Waals surface area contributed by atoms with Crippen LogP contribution in [0.15, 0.2) is 60.7 Å². The summed E-state index contributed by atoms with van der Waals surface area (Å²) in [5.74, 6) is -1.21. The van der Waals surface area contributed by atoms with E-state index in [1.54, 1.807) is 60.7 Å². The maximum Gasteiger partial charge on any atom is 0.338 e. The first kappa shape index (κ1) is 18.6. The highest BCUT2D eigenvalue weighted by molar-refractivity contribution is 9.09. The monoisotopic (exact) mass is 420 g/mol. The number of ether oxygens (including phenoxy) is 3. The predicted molar refractivity (Wildman–Crippen MR) is 96.0 cm³/mol. The van der Waals surface area contributed by atoms with E-state index in [0.717, 1.165) is 0 Å². The van der Waals surface area contributed by atoms with Gasteiger partial charge in [-0.15, -0.1) is 0 Å². The Bertz CT molecular complexity index is 751. The van der Waals surface area contributed by atoms with Gasteiger partial charge in [-0.2, -0.15) is 0 Å². The van der Waals surface area contributed by atoms with Gasteiger partial charge in [0.1, 0.15) is 6.10 Å². The number of carbonyl (C=O) groups excluding carboxylic acids is 2. The van der Waals surface area contributed by atoms with Gasteiger partial charge in [0.2, 0.25) is 0 Å². The van der Waals surface area contributed by atoms with E-state index in [9.17, 15) is 14.7 Å². The Morgan fingerprint density at radius 3 is 1.81 bits per heavy atom. The number of alkyl halides is 1. The number of halogens is 1. The van der Waals surface area contributed by atoms with Gasteiger partial charge in [0.25, 0.3) is 0 Å². The Balaban J connectivity index is 1.76. The Morgan fingerprint density at radius 2 is 1.35 bits per heavy atom. The zero-order chi connectivity index (χ0) is 18.5. The largest absolute Gasteiger partial charge is 0.452 e. The van der Waals surface area contributed by atoms with Crippen molar-refractivity contribution >= 4 is 27.9 Å². The highest BCUT2D eigenvalue weighted by Crippen LogP contribution is 2.28. The molecular formula is C19H17BrO6. The number of carbonyl (C=O) groups is 2. The molecule has 0 bridgehead atoms. The van der Waals surface area contributed by atoms with Gasteiger partial charge < -0.3 is 19.3 Å². The van der Waals surface area contributed by atoms with Gasteiger partial charge in [-0.3, -0.25) is 0 Å². The predicted octanol–water partition coefficient (Wildman–Crippen LogP) is 2.55. The Kier molecular flexibility index (Phi) is 6.03. The summed E-state index contributed by atoms with van der Waals surface area (Å²) in [5.41, 5.74) is 0.686. The standard InChI is InChI=1S/C19H17BrO6/c20-11-14-15(25-17(21)12-7-3-1-4-8-12)16(19(23)24-14)26-18(22)13-9-5-2-6-10-13/h1-10,14-16,19,23H,11H2/t14-,15-,16-,19?/m1/s1. The van der Waals surface area contributed by atoms with Crippen molar-refractivity contribution in [3.63, 3.8) is 0 Å². The molecule has 0 aliphatic carbocycles. The normalized spacial score (nSPS) is 24.8. The average molecular weight is 421 g/mol. The first-order valence-corrected chi connectivity index (χ1v) is 9.14. The van der Waals surface area contributed by atoms with E-state index in [2.05, 4.69) is 15.9 Å². The molecule has 3 rings (SSSR count). The molecule has 0 amide bonds. The zero-order valence-corrected chi connectivity index (χ0v) is 15.2. The lowest BCUT2D eigenvalue weighted by molar-refractivity contribution is -0.126. The van der Waals surface area contributed by atoms with Gasteiger partial charge in [0.05, 0.1) is 11.1 Å². The smallest absolute Gasteiger partial charge is 0.338 e. The van der Waals surface area contributed by atoms with Gasteiger partial charge in [-0.1, -0.05) is 52.3 Å². The fourth-order valence-electron chi connectivity index (χ4n) is 2.63. The second-order valence-electron chi connectivity index (χ2n) is 5.69. The third kappa shape index (κ3) is 4.12. The molecule has 2 aromatic carbocycles. The van der Waals surface area contributed by atoms with E-state index in [1.165, 1.54) is 0 Å². The number of aliphatic hydroxyl groups excluding tert-OH is 1. The summed E-state index contributed by atoms with van der Waals surface area (Å²) in [7, 11) is 0. The van der Waals surface area contributed by atoms with Crippen molar-refractivity contribution in [3.05, 3.63) is 71.8 Å². The van der Waals surface area contributed by atoms with E-state index in [1.807, 2.05) is 0 Å². The third-order valence-electron chi connectivity index (χ3n) is 3.94. The second-order valence-corrected chi connectivity index (χ2v) is 6.34. The summed E-state index contributed by atoms with van der Waals surface area (Å²) >= 11 is 3.26. The number of benzene rings is 2. The Labute approximate surface area is 158 Å². The van der Waals surface area contributed by atoms with Crippen LogP contribution in [-0.4, -0.2) is 47.0 Å². The maximum absolute atomic E-state index is 12.4. The van der Waals surface area contributed by atoms with E-state index in [0.29, 0.717) is 16.5 Å². The molecule has 1 aliphatic rings. The molecule has 4 atom stereocenters. The summed E-state index contributed by atoms with van der Waals surface area (Å²) in [4.78, 5) is 24.7. The van der Waals surface area contributed by atoms with Crippen molar-refractivity contribution in [1.82, 2.24) is 0 Å². The van der Waals surface area contributed by atoms with Crippen LogP contribution in [0.5, 0.6) is 0 Å². The molecule has 0 aromatic heterocycles. The highest BCUT2D eigenvalue weighted by atomic mass is 79.9. The summed E-state index contributed by atoms with van der Waals surface area (Å²) in [5, 5.41) is 10.4. The quantitative estimate of drug-likeness (QED) is 0.591. The van der Waals surface area contributed by atoms with Crippen LogP contribution in [0.25, 0.3) is 0 Å².